The predicted molar refractivity (Wildman–Crippen MR) is 140 cm³/mol. The van der Waals surface area contributed by atoms with Crippen LogP contribution < -0.4 is 9.47 Å². The van der Waals surface area contributed by atoms with Crippen LogP contribution >= 0.6 is 0 Å². The fourth-order valence-corrected chi connectivity index (χ4v) is 4.61. The van der Waals surface area contributed by atoms with E-state index in [0.29, 0.717) is 55.3 Å². The minimum Gasteiger partial charge on any atom is -0.491 e. The van der Waals surface area contributed by atoms with Crippen molar-refractivity contribution in [3.8, 4) is 11.6 Å². The number of carbonyl (C=O) groups is 2. The van der Waals surface area contributed by atoms with Crippen LogP contribution in [0.2, 0.25) is 0 Å². The fourth-order valence-electron chi connectivity index (χ4n) is 4.61. The minimum absolute atomic E-state index is 0.0382. The Hall–Kier alpha value is -3.81. The van der Waals surface area contributed by atoms with Crippen LogP contribution in [0.4, 0.5) is 0 Å². The van der Waals surface area contributed by atoms with Gasteiger partial charge in [-0.1, -0.05) is 42.5 Å². The van der Waals surface area contributed by atoms with Gasteiger partial charge in [-0.15, -0.1) is 0 Å². The highest BCUT2D eigenvalue weighted by atomic mass is 16.5. The highest BCUT2D eigenvalue weighted by molar-refractivity contribution is 5.96. The molecule has 4 rings (SSSR count). The van der Waals surface area contributed by atoms with E-state index in [4.69, 9.17) is 14.0 Å². The Kier molecular flexibility index (Phi) is 9.18. The Morgan fingerprint density at radius 3 is 2.59 bits per heavy atom. The zero-order valence-electron chi connectivity index (χ0n) is 21.6. The Morgan fingerprint density at radius 1 is 1.05 bits per heavy atom. The molecule has 196 valence electrons. The van der Waals surface area contributed by atoms with Gasteiger partial charge >= 0.3 is 0 Å². The quantitative estimate of drug-likeness (QED) is 0.494. The molecule has 0 N–H and O–H groups in total. The molecule has 0 bridgehead atoms. The molecule has 0 saturated carbocycles. The lowest BCUT2D eigenvalue weighted by molar-refractivity contribution is -0.134. The van der Waals surface area contributed by atoms with Crippen LogP contribution in [0, 0.1) is 0 Å². The van der Waals surface area contributed by atoms with E-state index in [9.17, 15) is 9.59 Å². The number of hydrogen-bond donors (Lipinski definition) is 0. The highest BCUT2D eigenvalue weighted by Gasteiger charge is 2.26. The monoisotopic (exact) mass is 505 g/mol. The molecule has 3 aromatic rings. The normalized spacial score (nSPS) is 17.1. The van der Waals surface area contributed by atoms with Crippen molar-refractivity contribution in [3.63, 3.8) is 0 Å². The van der Waals surface area contributed by atoms with E-state index in [1.165, 1.54) is 7.11 Å². The molecule has 0 spiro atoms. The summed E-state index contributed by atoms with van der Waals surface area (Å²) in [6.07, 6.45) is 4.02. The lowest BCUT2D eigenvalue weighted by Crippen LogP contribution is -2.45. The van der Waals surface area contributed by atoms with Crippen LogP contribution in [0.25, 0.3) is 0 Å². The topological polar surface area (TPSA) is 85.1 Å². The number of aromatic nitrogens is 1. The molecule has 1 atom stereocenters. The van der Waals surface area contributed by atoms with E-state index in [1.807, 2.05) is 48.3 Å². The lowest BCUT2D eigenvalue weighted by atomic mass is 10.0. The van der Waals surface area contributed by atoms with Crippen LogP contribution in [-0.2, 0) is 17.6 Å². The number of nitrogens with zero attached hydrogens (tertiary/aromatic N) is 3. The van der Waals surface area contributed by atoms with Gasteiger partial charge in [0.25, 0.3) is 11.8 Å². The molecule has 0 radical (unpaired) electrons. The first-order chi connectivity index (χ1) is 18.0. The molecule has 2 amide bonds. The van der Waals surface area contributed by atoms with E-state index in [2.05, 4.69) is 17.3 Å². The second-order valence-electron chi connectivity index (χ2n) is 9.36. The van der Waals surface area contributed by atoms with Crippen LogP contribution in [0.5, 0.6) is 11.6 Å². The Bertz CT molecular complexity index is 1160. The molecule has 8 heteroatoms. The third-order valence-electron chi connectivity index (χ3n) is 6.69. The van der Waals surface area contributed by atoms with Crippen molar-refractivity contribution in [2.45, 2.75) is 44.6 Å². The molecule has 2 heterocycles. The molecule has 1 aliphatic heterocycles. The molecular weight excluding hydrogens is 470 g/mol. The summed E-state index contributed by atoms with van der Waals surface area (Å²) < 4.78 is 16.7. The van der Waals surface area contributed by atoms with Crippen LogP contribution in [0.15, 0.2) is 65.2 Å². The number of hydrogen-bond acceptors (Lipinski definition) is 6. The van der Waals surface area contributed by atoms with Crippen molar-refractivity contribution in [1.29, 1.82) is 0 Å². The molecule has 0 unspecified atom stereocenters. The van der Waals surface area contributed by atoms with E-state index < -0.39 is 0 Å². The Morgan fingerprint density at radius 2 is 1.81 bits per heavy atom. The summed E-state index contributed by atoms with van der Waals surface area (Å²) in [6, 6.07) is 19.0. The van der Waals surface area contributed by atoms with Crippen molar-refractivity contribution < 1.29 is 23.6 Å². The van der Waals surface area contributed by atoms with Crippen molar-refractivity contribution in [3.05, 3.63) is 77.6 Å². The first kappa shape index (κ1) is 26.3. The maximum absolute atomic E-state index is 13.6. The van der Waals surface area contributed by atoms with Gasteiger partial charge in [-0.05, 0) is 48.5 Å². The SMILES string of the molecule is COc1cc(CCC(=O)N2CCCCCN(C)C(=O)c3ccccc3OC[C@@H]2Cc2ccccc2)on1. The molecule has 8 nitrogen and oxygen atoms in total. The van der Waals surface area contributed by atoms with Gasteiger partial charge < -0.3 is 23.8 Å². The Labute approximate surface area is 218 Å². The summed E-state index contributed by atoms with van der Waals surface area (Å²) in [5.74, 6) is 1.54. The number of benzene rings is 2. The Balaban J connectivity index is 1.58. The molecule has 0 fully saturated rings. The summed E-state index contributed by atoms with van der Waals surface area (Å²) in [7, 11) is 3.36. The number of amides is 2. The molecule has 0 aliphatic carbocycles. The zero-order chi connectivity index (χ0) is 26.0. The minimum atomic E-state index is -0.194. The summed E-state index contributed by atoms with van der Waals surface area (Å²) in [5, 5.41) is 3.83. The van der Waals surface area contributed by atoms with Crippen molar-refractivity contribution >= 4 is 11.8 Å². The third-order valence-corrected chi connectivity index (χ3v) is 6.69. The van der Waals surface area contributed by atoms with Crippen molar-refractivity contribution in [2.75, 3.05) is 33.9 Å². The average molecular weight is 506 g/mol. The second-order valence-corrected chi connectivity index (χ2v) is 9.36. The maximum atomic E-state index is 13.6. The number of ether oxygens (including phenoxy) is 2. The van der Waals surface area contributed by atoms with Crippen LogP contribution in [0.3, 0.4) is 0 Å². The smallest absolute Gasteiger partial charge is 0.257 e. The van der Waals surface area contributed by atoms with Crippen LogP contribution in [-0.4, -0.2) is 66.7 Å². The molecule has 0 saturated heterocycles. The summed E-state index contributed by atoms with van der Waals surface area (Å²) in [5.41, 5.74) is 1.67. The number of rotatable bonds is 6. The summed E-state index contributed by atoms with van der Waals surface area (Å²) >= 11 is 0. The third kappa shape index (κ3) is 7.12. The predicted octanol–water partition coefficient (Wildman–Crippen LogP) is 4.39. The van der Waals surface area contributed by atoms with Crippen molar-refractivity contribution in [2.24, 2.45) is 0 Å². The van der Waals surface area contributed by atoms with Crippen molar-refractivity contribution in [1.82, 2.24) is 15.0 Å². The van der Waals surface area contributed by atoms with Gasteiger partial charge in [-0.25, -0.2) is 0 Å². The molecular formula is C29H35N3O5. The van der Waals surface area contributed by atoms with Crippen LogP contribution in [0.1, 0.15) is 47.4 Å². The van der Waals surface area contributed by atoms with E-state index >= 15 is 0 Å². The first-order valence-electron chi connectivity index (χ1n) is 12.9. The molecule has 2 aromatic carbocycles. The average Bonchev–Trinajstić information content (AvgIpc) is 3.40. The maximum Gasteiger partial charge on any atom is 0.257 e. The number of aryl methyl sites for hydroxylation is 1. The summed E-state index contributed by atoms with van der Waals surface area (Å²) in [4.78, 5) is 30.4. The fraction of sp³-hybridized carbons (Fsp3) is 0.414. The molecule has 1 aliphatic rings. The van der Waals surface area contributed by atoms with Gasteiger partial charge in [0.1, 0.15) is 18.1 Å². The number of para-hydroxylation sites is 1. The largest absolute Gasteiger partial charge is 0.491 e. The second kappa shape index (κ2) is 12.9. The van der Waals surface area contributed by atoms with Gasteiger partial charge in [0, 0.05) is 39.0 Å². The zero-order valence-corrected chi connectivity index (χ0v) is 21.6. The van der Waals surface area contributed by atoms with Gasteiger partial charge in [0.05, 0.1) is 18.7 Å². The molecule has 37 heavy (non-hydrogen) atoms. The van der Waals surface area contributed by atoms with Gasteiger partial charge in [0.15, 0.2) is 0 Å². The van der Waals surface area contributed by atoms with Gasteiger partial charge in [0.2, 0.25) is 5.91 Å². The number of carbonyl (C=O) groups excluding carboxylic acids is 2. The first-order valence-corrected chi connectivity index (χ1v) is 12.9. The summed E-state index contributed by atoms with van der Waals surface area (Å²) in [6.45, 7) is 1.56. The number of fused-ring (bicyclic) bond motifs is 1. The standard InChI is InChI=1S/C29H35N3O5/c1-31-17-9-4-10-18-32(28(33)16-15-24-20-27(35-2)30-37-24)23(19-22-11-5-3-6-12-22)21-36-26-14-8-7-13-25(26)29(31)34/h3,5-8,11-14,20,23H,4,9-10,15-19,21H2,1-2H3/t23-/m0/s1. The highest BCUT2D eigenvalue weighted by Crippen LogP contribution is 2.23. The number of methoxy groups -OCH3 is 1. The lowest BCUT2D eigenvalue weighted by Gasteiger charge is -2.32. The van der Waals surface area contributed by atoms with E-state index in [-0.39, 0.29) is 24.5 Å². The molecule has 1 aromatic heterocycles. The van der Waals surface area contributed by atoms with E-state index in [0.717, 1.165) is 24.8 Å². The van der Waals surface area contributed by atoms with E-state index in [1.54, 1.807) is 17.0 Å². The van der Waals surface area contributed by atoms with Gasteiger partial charge in [-0.2, -0.15) is 0 Å². The van der Waals surface area contributed by atoms with Gasteiger partial charge in [-0.3, -0.25) is 9.59 Å².